The first-order chi connectivity index (χ1) is 11.8. The molecule has 0 aliphatic carbocycles. The molecule has 2 aromatic heterocycles. The third-order valence-electron chi connectivity index (χ3n) is 4.36. The van der Waals surface area contributed by atoms with E-state index in [0.29, 0.717) is 12.6 Å². The Labute approximate surface area is 156 Å². The van der Waals surface area contributed by atoms with Gasteiger partial charge in [-0.15, -0.1) is 24.2 Å². The fourth-order valence-electron chi connectivity index (χ4n) is 3.11. The highest BCUT2D eigenvalue weighted by atomic mass is 35.5. The number of carbonyl (C=O) groups excluding carboxylic acids is 1. The lowest BCUT2D eigenvalue weighted by Gasteiger charge is -2.25. The Morgan fingerprint density at radius 1 is 1.44 bits per heavy atom. The molecule has 1 amide bonds. The molecule has 0 unspecified atom stereocenters. The SMILES string of the molecule is Cl.O=C(NC[C@H]1CCCN1)C1=CN(c2ncnc3[nH]ccc23)CCS1. The molecule has 0 bridgehead atoms. The van der Waals surface area contributed by atoms with Crippen LogP contribution in [0.15, 0.2) is 29.7 Å². The van der Waals surface area contributed by atoms with Gasteiger partial charge in [0.1, 0.15) is 17.8 Å². The highest BCUT2D eigenvalue weighted by Crippen LogP contribution is 2.28. The molecule has 3 N–H and O–H groups in total. The quantitative estimate of drug-likeness (QED) is 0.747. The van der Waals surface area contributed by atoms with Gasteiger partial charge < -0.3 is 20.5 Å². The second-order valence-corrected chi connectivity index (χ2v) is 7.11. The number of rotatable bonds is 4. The minimum Gasteiger partial charge on any atom is -0.350 e. The van der Waals surface area contributed by atoms with Gasteiger partial charge in [-0.3, -0.25) is 4.79 Å². The molecule has 0 saturated carbocycles. The standard InChI is InChI=1S/C16H20N6OS.ClH/c23-16(19-8-11-2-1-4-17-11)13-9-22(6-7-24-13)15-12-3-5-18-14(12)20-10-21-15;/h3,5,9-11,17H,1-2,4,6-8H2,(H,19,23)(H,18,20,21);1H/t11-;/m1./s1. The molecule has 134 valence electrons. The molecular formula is C16H21ClN6OS. The van der Waals surface area contributed by atoms with E-state index in [1.807, 2.05) is 23.4 Å². The number of thioether (sulfide) groups is 1. The van der Waals surface area contributed by atoms with Crippen LogP contribution in [0.1, 0.15) is 12.8 Å². The number of halogens is 1. The highest BCUT2D eigenvalue weighted by Gasteiger charge is 2.21. The second-order valence-electron chi connectivity index (χ2n) is 5.98. The van der Waals surface area contributed by atoms with Crippen LogP contribution in [0.4, 0.5) is 5.82 Å². The smallest absolute Gasteiger partial charge is 0.259 e. The number of anilines is 1. The number of amides is 1. The molecule has 2 aliphatic rings. The van der Waals surface area contributed by atoms with E-state index in [-0.39, 0.29) is 18.3 Å². The van der Waals surface area contributed by atoms with Crippen LogP contribution in [-0.4, -0.2) is 52.3 Å². The lowest BCUT2D eigenvalue weighted by molar-refractivity contribution is -0.116. The highest BCUT2D eigenvalue weighted by molar-refractivity contribution is 8.04. The van der Waals surface area contributed by atoms with Gasteiger partial charge in [0, 0.05) is 37.3 Å². The Kier molecular flexibility index (Phi) is 5.82. The number of aromatic amines is 1. The lowest BCUT2D eigenvalue weighted by Crippen LogP contribution is -2.38. The van der Waals surface area contributed by atoms with E-state index in [1.165, 1.54) is 6.42 Å². The van der Waals surface area contributed by atoms with E-state index in [2.05, 4.69) is 25.6 Å². The summed E-state index contributed by atoms with van der Waals surface area (Å²) in [5, 5.41) is 7.41. The van der Waals surface area contributed by atoms with Crippen LogP contribution in [0.25, 0.3) is 11.0 Å². The molecule has 2 aromatic rings. The number of hydrogen-bond acceptors (Lipinski definition) is 6. The van der Waals surface area contributed by atoms with Crippen LogP contribution in [-0.2, 0) is 4.79 Å². The van der Waals surface area contributed by atoms with Crippen molar-refractivity contribution < 1.29 is 4.79 Å². The van der Waals surface area contributed by atoms with E-state index in [0.717, 1.165) is 47.0 Å². The third kappa shape index (κ3) is 3.91. The largest absolute Gasteiger partial charge is 0.350 e. The van der Waals surface area contributed by atoms with Crippen LogP contribution in [0.3, 0.4) is 0 Å². The molecule has 25 heavy (non-hydrogen) atoms. The third-order valence-corrected chi connectivity index (χ3v) is 5.35. The molecule has 1 saturated heterocycles. The first-order valence-electron chi connectivity index (χ1n) is 8.22. The van der Waals surface area contributed by atoms with Crippen molar-refractivity contribution >= 4 is 46.9 Å². The Morgan fingerprint density at radius 3 is 3.20 bits per heavy atom. The molecule has 7 nitrogen and oxygen atoms in total. The summed E-state index contributed by atoms with van der Waals surface area (Å²) >= 11 is 1.60. The molecule has 0 aromatic carbocycles. The monoisotopic (exact) mass is 380 g/mol. The Balaban J connectivity index is 0.00000182. The summed E-state index contributed by atoms with van der Waals surface area (Å²) in [4.78, 5) is 26.9. The number of fused-ring (bicyclic) bond motifs is 1. The summed E-state index contributed by atoms with van der Waals surface area (Å²) in [5.74, 6) is 1.69. The van der Waals surface area contributed by atoms with Crippen molar-refractivity contribution in [3.8, 4) is 0 Å². The number of nitrogens with one attached hydrogen (secondary N) is 3. The minimum absolute atomic E-state index is 0. The summed E-state index contributed by atoms with van der Waals surface area (Å²) in [5.41, 5.74) is 0.810. The molecule has 1 atom stereocenters. The maximum Gasteiger partial charge on any atom is 0.259 e. The van der Waals surface area contributed by atoms with Gasteiger partial charge in [-0.1, -0.05) is 0 Å². The van der Waals surface area contributed by atoms with Crippen LogP contribution >= 0.6 is 24.2 Å². The van der Waals surface area contributed by atoms with Crippen molar-refractivity contribution in [1.82, 2.24) is 25.6 Å². The first kappa shape index (κ1) is 18.0. The van der Waals surface area contributed by atoms with Crippen molar-refractivity contribution in [3.63, 3.8) is 0 Å². The van der Waals surface area contributed by atoms with Gasteiger partial charge >= 0.3 is 0 Å². The zero-order valence-electron chi connectivity index (χ0n) is 13.7. The fourth-order valence-corrected chi connectivity index (χ4v) is 4.02. The van der Waals surface area contributed by atoms with Gasteiger partial charge in [-0.05, 0) is 25.5 Å². The van der Waals surface area contributed by atoms with E-state index in [4.69, 9.17) is 0 Å². The topological polar surface area (TPSA) is 85.9 Å². The Hall–Kier alpha value is -1.77. The van der Waals surface area contributed by atoms with Gasteiger partial charge in [-0.2, -0.15) is 0 Å². The van der Waals surface area contributed by atoms with Crippen LogP contribution < -0.4 is 15.5 Å². The summed E-state index contributed by atoms with van der Waals surface area (Å²) in [6, 6.07) is 2.37. The zero-order valence-corrected chi connectivity index (χ0v) is 15.3. The van der Waals surface area contributed by atoms with Crippen molar-refractivity contribution in [3.05, 3.63) is 29.7 Å². The molecule has 0 spiro atoms. The van der Waals surface area contributed by atoms with Gasteiger partial charge in [0.05, 0.1) is 10.3 Å². The minimum atomic E-state index is -0.00207. The van der Waals surface area contributed by atoms with E-state index in [1.54, 1.807) is 18.1 Å². The van der Waals surface area contributed by atoms with Crippen LogP contribution in [0.2, 0.25) is 0 Å². The molecular weight excluding hydrogens is 360 g/mol. The van der Waals surface area contributed by atoms with Gasteiger partial charge in [0.15, 0.2) is 0 Å². The van der Waals surface area contributed by atoms with Gasteiger partial charge in [0.25, 0.3) is 5.91 Å². The molecule has 1 fully saturated rings. The summed E-state index contributed by atoms with van der Waals surface area (Å²) in [6.07, 6.45) is 7.63. The van der Waals surface area contributed by atoms with E-state index >= 15 is 0 Å². The second kappa shape index (κ2) is 8.07. The van der Waals surface area contributed by atoms with Crippen LogP contribution in [0, 0.1) is 0 Å². The Morgan fingerprint density at radius 2 is 2.36 bits per heavy atom. The van der Waals surface area contributed by atoms with Crippen molar-refractivity contribution in [2.45, 2.75) is 18.9 Å². The number of aromatic nitrogens is 3. The number of hydrogen-bond donors (Lipinski definition) is 3. The average Bonchev–Trinajstić information content (AvgIpc) is 3.30. The molecule has 2 aliphatic heterocycles. The number of nitrogens with zero attached hydrogens (tertiary/aromatic N) is 3. The zero-order chi connectivity index (χ0) is 16.4. The molecule has 0 radical (unpaired) electrons. The van der Waals surface area contributed by atoms with Crippen molar-refractivity contribution in [2.24, 2.45) is 0 Å². The van der Waals surface area contributed by atoms with Crippen LogP contribution in [0.5, 0.6) is 0 Å². The first-order valence-corrected chi connectivity index (χ1v) is 9.21. The maximum atomic E-state index is 12.5. The normalized spacial score (nSPS) is 20.2. The molecule has 9 heteroatoms. The predicted molar refractivity (Wildman–Crippen MR) is 103 cm³/mol. The van der Waals surface area contributed by atoms with Gasteiger partial charge in [0.2, 0.25) is 0 Å². The average molecular weight is 381 g/mol. The molecule has 4 heterocycles. The summed E-state index contributed by atoms with van der Waals surface area (Å²) in [7, 11) is 0. The maximum absolute atomic E-state index is 12.5. The number of H-pyrrole nitrogens is 1. The van der Waals surface area contributed by atoms with E-state index in [9.17, 15) is 4.79 Å². The fraction of sp³-hybridized carbons (Fsp3) is 0.438. The van der Waals surface area contributed by atoms with E-state index < -0.39 is 0 Å². The van der Waals surface area contributed by atoms with Gasteiger partial charge in [-0.25, -0.2) is 9.97 Å². The molecule has 4 rings (SSSR count). The van der Waals surface area contributed by atoms with Crippen molar-refractivity contribution in [1.29, 1.82) is 0 Å². The lowest BCUT2D eigenvalue weighted by atomic mass is 10.2. The number of carbonyl (C=O) groups is 1. The van der Waals surface area contributed by atoms with Crippen molar-refractivity contribution in [2.75, 3.05) is 30.3 Å². The predicted octanol–water partition coefficient (Wildman–Crippen LogP) is 1.64. The summed E-state index contributed by atoms with van der Waals surface area (Å²) in [6.45, 7) is 2.56. The summed E-state index contributed by atoms with van der Waals surface area (Å²) < 4.78 is 0. The Bertz CT molecular complexity index is 773.